The highest BCUT2D eigenvalue weighted by Gasteiger charge is 2.28. The Labute approximate surface area is 125 Å². The minimum Gasteiger partial charge on any atom is -0.508 e. The van der Waals surface area contributed by atoms with Gasteiger partial charge in [0.05, 0.1) is 6.04 Å². The lowest BCUT2D eigenvalue weighted by molar-refractivity contribution is 0.236. The normalized spacial score (nSPS) is 19.5. The molecule has 2 heterocycles. The minimum atomic E-state index is 0.315. The zero-order valence-corrected chi connectivity index (χ0v) is 12.6. The van der Waals surface area contributed by atoms with Crippen molar-refractivity contribution in [2.75, 3.05) is 6.54 Å². The predicted octanol–water partition coefficient (Wildman–Crippen LogP) is 3.84. The van der Waals surface area contributed by atoms with Crippen LogP contribution in [0.15, 0.2) is 34.9 Å². The van der Waals surface area contributed by atoms with Gasteiger partial charge in [-0.25, -0.2) is 0 Å². The van der Waals surface area contributed by atoms with Crippen molar-refractivity contribution in [1.82, 2.24) is 10.1 Å². The summed E-state index contributed by atoms with van der Waals surface area (Å²) in [4.78, 5) is 2.44. The number of phenolic OH excluding ortho intramolecular Hbond substituents is 1. The number of aromatic hydroxyl groups is 1. The van der Waals surface area contributed by atoms with Crippen LogP contribution in [-0.4, -0.2) is 21.7 Å². The van der Waals surface area contributed by atoms with Crippen molar-refractivity contribution < 1.29 is 9.63 Å². The zero-order valence-electron chi connectivity index (χ0n) is 12.6. The summed E-state index contributed by atoms with van der Waals surface area (Å²) in [5, 5.41) is 13.6. The van der Waals surface area contributed by atoms with Gasteiger partial charge in [-0.2, -0.15) is 0 Å². The minimum absolute atomic E-state index is 0.315. The molecule has 0 radical (unpaired) electrons. The third-order valence-electron chi connectivity index (χ3n) is 4.14. The molecule has 1 fully saturated rings. The van der Waals surface area contributed by atoms with Gasteiger partial charge in [0.25, 0.3) is 0 Å². The second-order valence-electron chi connectivity index (χ2n) is 6.10. The third-order valence-corrected chi connectivity index (χ3v) is 4.14. The van der Waals surface area contributed by atoms with Crippen LogP contribution in [0.3, 0.4) is 0 Å². The summed E-state index contributed by atoms with van der Waals surface area (Å²) < 4.78 is 5.44. The van der Waals surface area contributed by atoms with E-state index in [1.165, 1.54) is 12.0 Å². The Morgan fingerprint density at radius 3 is 2.76 bits per heavy atom. The fraction of sp³-hybridized carbons (Fsp3) is 0.471. The molecule has 1 atom stereocenters. The molecule has 3 rings (SSSR count). The molecule has 4 nitrogen and oxygen atoms in total. The molecule has 0 saturated carbocycles. The summed E-state index contributed by atoms with van der Waals surface area (Å²) in [5.74, 6) is 1.65. The van der Waals surface area contributed by atoms with Gasteiger partial charge in [-0.1, -0.05) is 31.1 Å². The smallest absolute Gasteiger partial charge is 0.139 e. The molecule has 0 unspecified atom stereocenters. The third kappa shape index (κ3) is 3.10. The molecule has 0 spiro atoms. The van der Waals surface area contributed by atoms with Crippen molar-refractivity contribution in [2.45, 2.75) is 45.2 Å². The van der Waals surface area contributed by atoms with Crippen LogP contribution in [0.4, 0.5) is 0 Å². The van der Waals surface area contributed by atoms with Crippen LogP contribution in [0, 0.1) is 0 Å². The van der Waals surface area contributed by atoms with Crippen molar-refractivity contribution in [3.8, 4) is 5.75 Å². The predicted molar refractivity (Wildman–Crippen MR) is 81.1 cm³/mol. The standard InChI is InChI=1S/C17H22N2O2/c1-12(2)17-10-15(18-21-17)16-4-3-9-19(16)11-13-5-7-14(20)8-6-13/h5-8,10,12,16,20H,3-4,9,11H2,1-2H3/t16-/m0/s1. The van der Waals surface area contributed by atoms with Gasteiger partial charge < -0.3 is 9.63 Å². The van der Waals surface area contributed by atoms with Crippen molar-refractivity contribution in [2.24, 2.45) is 0 Å². The molecular weight excluding hydrogens is 264 g/mol. The maximum Gasteiger partial charge on any atom is 0.139 e. The van der Waals surface area contributed by atoms with Gasteiger partial charge in [0.2, 0.25) is 0 Å². The molecule has 0 bridgehead atoms. The fourth-order valence-electron chi connectivity index (χ4n) is 2.92. The van der Waals surface area contributed by atoms with E-state index in [1.54, 1.807) is 12.1 Å². The zero-order chi connectivity index (χ0) is 14.8. The largest absolute Gasteiger partial charge is 0.508 e. The fourth-order valence-corrected chi connectivity index (χ4v) is 2.92. The lowest BCUT2D eigenvalue weighted by Gasteiger charge is -2.22. The number of nitrogens with zero attached hydrogens (tertiary/aromatic N) is 2. The van der Waals surface area contributed by atoms with Crippen molar-refractivity contribution in [3.63, 3.8) is 0 Å². The second-order valence-corrected chi connectivity index (χ2v) is 6.10. The summed E-state index contributed by atoms with van der Waals surface area (Å²) in [6, 6.07) is 9.89. The molecule has 1 aliphatic rings. The average Bonchev–Trinajstić information content (AvgIpc) is 3.09. The van der Waals surface area contributed by atoms with Crippen LogP contribution in [0.1, 0.15) is 55.7 Å². The van der Waals surface area contributed by atoms with Crippen molar-refractivity contribution in [3.05, 3.63) is 47.3 Å². The molecule has 1 aromatic heterocycles. The van der Waals surface area contributed by atoms with E-state index in [4.69, 9.17) is 4.52 Å². The van der Waals surface area contributed by atoms with Crippen molar-refractivity contribution in [1.29, 1.82) is 0 Å². The second kappa shape index (κ2) is 5.90. The highest BCUT2D eigenvalue weighted by Crippen LogP contribution is 2.33. The Bertz CT molecular complexity index is 589. The molecule has 4 heteroatoms. The number of rotatable bonds is 4. The Kier molecular flexibility index (Phi) is 3.97. The van der Waals surface area contributed by atoms with Gasteiger partial charge in [-0.15, -0.1) is 0 Å². The average molecular weight is 286 g/mol. The molecule has 1 saturated heterocycles. The molecule has 0 amide bonds. The van der Waals surface area contributed by atoms with Gasteiger partial charge >= 0.3 is 0 Å². The van der Waals surface area contributed by atoms with E-state index < -0.39 is 0 Å². The molecule has 0 aliphatic carbocycles. The molecule has 1 N–H and O–H groups in total. The number of phenols is 1. The number of aromatic nitrogens is 1. The van der Waals surface area contributed by atoms with Crippen LogP contribution in [0.2, 0.25) is 0 Å². The molecule has 112 valence electrons. The number of likely N-dealkylation sites (tertiary alicyclic amines) is 1. The van der Waals surface area contributed by atoms with Gasteiger partial charge in [0.15, 0.2) is 0 Å². The summed E-state index contributed by atoms with van der Waals surface area (Å²) in [7, 11) is 0. The van der Waals surface area contributed by atoms with E-state index in [2.05, 4.69) is 30.0 Å². The highest BCUT2D eigenvalue weighted by molar-refractivity contribution is 5.26. The lowest BCUT2D eigenvalue weighted by atomic mass is 10.1. The van der Waals surface area contributed by atoms with Gasteiger partial charge in [0, 0.05) is 18.5 Å². The molecule has 21 heavy (non-hydrogen) atoms. The van der Waals surface area contributed by atoms with Gasteiger partial charge in [-0.3, -0.25) is 4.90 Å². The van der Waals surface area contributed by atoms with Gasteiger partial charge in [-0.05, 0) is 37.1 Å². The van der Waals surface area contributed by atoms with E-state index >= 15 is 0 Å². The first-order chi connectivity index (χ1) is 10.1. The van der Waals surface area contributed by atoms with E-state index in [0.29, 0.717) is 17.7 Å². The first kappa shape index (κ1) is 14.1. The molecular formula is C17H22N2O2. The van der Waals surface area contributed by atoms with E-state index in [-0.39, 0.29) is 0 Å². The first-order valence-corrected chi connectivity index (χ1v) is 7.62. The summed E-state index contributed by atoms with van der Waals surface area (Å²) in [5.41, 5.74) is 2.27. The van der Waals surface area contributed by atoms with Crippen LogP contribution >= 0.6 is 0 Å². The molecule has 1 aromatic carbocycles. The summed E-state index contributed by atoms with van der Waals surface area (Å²) in [6.45, 7) is 6.20. The Morgan fingerprint density at radius 2 is 2.10 bits per heavy atom. The number of benzene rings is 1. The van der Waals surface area contributed by atoms with Crippen molar-refractivity contribution >= 4 is 0 Å². The lowest BCUT2D eigenvalue weighted by Crippen LogP contribution is -2.22. The Morgan fingerprint density at radius 1 is 1.33 bits per heavy atom. The number of hydrogen-bond donors (Lipinski definition) is 1. The maximum atomic E-state index is 9.37. The Balaban J connectivity index is 1.74. The van der Waals surface area contributed by atoms with Crippen LogP contribution < -0.4 is 0 Å². The quantitative estimate of drug-likeness (QED) is 0.927. The summed E-state index contributed by atoms with van der Waals surface area (Å²) >= 11 is 0. The van der Waals surface area contributed by atoms with E-state index in [0.717, 1.165) is 31.0 Å². The van der Waals surface area contributed by atoms with Gasteiger partial charge in [0.1, 0.15) is 17.2 Å². The molecule has 2 aromatic rings. The summed E-state index contributed by atoms with van der Waals surface area (Å²) in [6.07, 6.45) is 2.31. The van der Waals surface area contributed by atoms with E-state index in [1.807, 2.05) is 12.1 Å². The molecule has 1 aliphatic heterocycles. The van der Waals surface area contributed by atoms with Crippen LogP contribution in [-0.2, 0) is 6.54 Å². The topological polar surface area (TPSA) is 49.5 Å². The first-order valence-electron chi connectivity index (χ1n) is 7.62. The maximum absolute atomic E-state index is 9.37. The van der Waals surface area contributed by atoms with E-state index in [9.17, 15) is 5.11 Å². The van der Waals surface area contributed by atoms with Crippen LogP contribution in [0.5, 0.6) is 5.75 Å². The van der Waals surface area contributed by atoms with Crippen LogP contribution in [0.25, 0.3) is 0 Å². The Hall–Kier alpha value is -1.81. The number of hydrogen-bond acceptors (Lipinski definition) is 4. The SMILES string of the molecule is CC(C)c1cc([C@@H]2CCCN2Cc2ccc(O)cc2)no1. The monoisotopic (exact) mass is 286 g/mol. The highest BCUT2D eigenvalue weighted by atomic mass is 16.5.